The van der Waals surface area contributed by atoms with Crippen LogP contribution in [0.2, 0.25) is 0 Å². The van der Waals surface area contributed by atoms with Crippen LogP contribution in [0.1, 0.15) is 24.6 Å². The summed E-state index contributed by atoms with van der Waals surface area (Å²) < 4.78 is 30.3. The molecule has 0 radical (unpaired) electrons. The summed E-state index contributed by atoms with van der Waals surface area (Å²) in [4.78, 5) is 3.96. The Morgan fingerprint density at radius 1 is 1.36 bits per heavy atom. The summed E-state index contributed by atoms with van der Waals surface area (Å²) in [6.07, 6.45) is 2.03. The molecule has 1 fully saturated rings. The van der Waals surface area contributed by atoms with Crippen molar-refractivity contribution in [3.05, 3.63) is 54.5 Å². The molecule has 1 aromatic carbocycles. The van der Waals surface area contributed by atoms with E-state index in [1.807, 2.05) is 18.2 Å². The Balaban J connectivity index is 1.43. The average molecular weight is 399 g/mol. The van der Waals surface area contributed by atoms with Crippen molar-refractivity contribution in [1.29, 1.82) is 5.26 Å². The predicted molar refractivity (Wildman–Crippen MR) is 101 cm³/mol. The molecule has 3 aromatic rings. The number of hydrogen-bond donors (Lipinski definition) is 1. The quantitative estimate of drug-likeness (QED) is 0.627. The Bertz CT molecular complexity index is 1050. The third-order valence-electron chi connectivity index (χ3n) is 4.59. The van der Waals surface area contributed by atoms with E-state index < -0.39 is 13.9 Å². The maximum Gasteiger partial charge on any atom is 0.367 e. The molecule has 0 spiro atoms. The molecular formula is C18H18N5O4P. The summed E-state index contributed by atoms with van der Waals surface area (Å²) in [5.74, 6) is 0.810. The lowest BCUT2D eigenvalue weighted by molar-refractivity contribution is -0.0327. The number of nitriles is 1. The number of nitrogens with two attached hydrogens (primary N) is 1. The summed E-state index contributed by atoms with van der Waals surface area (Å²) in [5, 5.41) is 13.9. The van der Waals surface area contributed by atoms with Crippen LogP contribution in [0.3, 0.4) is 0 Å². The molecule has 3 heterocycles. The molecule has 0 aliphatic carbocycles. The second-order valence-electron chi connectivity index (χ2n) is 6.41. The summed E-state index contributed by atoms with van der Waals surface area (Å²) in [6.45, 7) is -0.148. The van der Waals surface area contributed by atoms with Crippen LogP contribution >= 0.6 is 8.25 Å². The van der Waals surface area contributed by atoms with Gasteiger partial charge in [0.15, 0.2) is 11.4 Å². The van der Waals surface area contributed by atoms with E-state index in [9.17, 15) is 9.83 Å². The standard InChI is InChI=1S/C18H18N5O4P/c19-10-18(11-25-28(24)27-13-4-2-1-3-5-13)9-8-16(26-18)14-6-7-15-17(20)21-12-22-23(14)15/h1-7,12,16,28H,8-9,11H2,(H2,20,21,22)/t16-,18-/m1/s1. The van der Waals surface area contributed by atoms with Crippen molar-refractivity contribution in [3.63, 3.8) is 0 Å². The number of nitrogens with zero attached hydrogens (tertiary/aromatic N) is 4. The largest absolute Gasteiger partial charge is 0.426 e. The van der Waals surface area contributed by atoms with Gasteiger partial charge in [-0.05, 0) is 37.1 Å². The monoisotopic (exact) mass is 399 g/mol. The van der Waals surface area contributed by atoms with Crippen LogP contribution in [0.15, 0.2) is 48.8 Å². The minimum atomic E-state index is -2.81. The minimum Gasteiger partial charge on any atom is -0.426 e. The molecule has 2 N–H and O–H groups in total. The van der Waals surface area contributed by atoms with E-state index in [4.69, 9.17) is 19.5 Å². The molecule has 1 saturated heterocycles. The maximum atomic E-state index is 12.1. The average Bonchev–Trinajstić information content (AvgIpc) is 3.33. The number of aromatic nitrogens is 3. The van der Waals surface area contributed by atoms with Crippen LogP contribution in [-0.2, 0) is 13.8 Å². The highest BCUT2D eigenvalue weighted by atomic mass is 31.1. The van der Waals surface area contributed by atoms with Crippen LogP contribution in [0.25, 0.3) is 5.52 Å². The van der Waals surface area contributed by atoms with Gasteiger partial charge < -0.3 is 15.0 Å². The lowest BCUT2D eigenvalue weighted by atomic mass is 10.0. The predicted octanol–water partition coefficient (Wildman–Crippen LogP) is 2.91. The summed E-state index contributed by atoms with van der Waals surface area (Å²) in [5.41, 5.74) is 6.11. The van der Waals surface area contributed by atoms with E-state index in [1.165, 1.54) is 6.33 Å². The summed E-state index contributed by atoms with van der Waals surface area (Å²) in [7, 11) is -2.81. The highest BCUT2D eigenvalue weighted by molar-refractivity contribution is 7.33. The molecule has 9 nitrogen and oxygen atoms in total. The fraction of sp³-hybridized carbons (Fsp3) is 0.278. The number of para-hydroxylation sites is 1. The molecule has 4 rings (SSSR count). The highest BCUT2D eigenvalue weighted by Gasteiger charge is 2.43. The van der Waals surface area contributed by atoms with Crippen LogP contribution in [0, 0.1) is 11.3 Å². The van der Waals surface area contributed by atoms with E-state index in [2.05, 4.69) is 16.2 Å². The lowest BCUT2D eigenvalue weighted by Crippen LogP contribution is -2.31. The Morgan fingerprint density at radius 3 is 2.96 bits per heavy atom. The van der Waals surface area contributed by atoms with Crippen molar-refractivity contribution in [2.45, 2.75) is 24.5 Å². The van der Waals surface area contributed by atoms with Gasteiger partial charge in [-0.2, -0.15) is 10.4 Å². The zero-order valence-electron chi connectivity index (χ0n) is 14.8. The first-order chi connectivity index (χ1) is 13.6. The van der Waals surface area contributed by atoms with Gasteiger partial charge >= 0.3 is 8.25 Å². The number of rotatable bonds is 6. The highest BCUT2D eigenvalue weighted by Crippen LogP contribution is 2.41. The smallest absolute Gasteiger partial charge is 0.367 e. The molecule has 144 valence electrons. The Morgan fingerprint density at radius 2 is 2.18 bits per heavy atom. The van der Waals surface area contributed by atoms with Gasteiger partial charge in [0.05, 0.1) is 12.3 Å². The van der Waals surface area contributed by atoms with Crippen molar-refractivity contribution in [3.8, 4) is 11.8 Å². The number of fused-ring (bicyclic) bond motifs is 1. The third kappa shape index (κ3) is 3.58. The van der Waals surface area contributed by atoms with Gasteiger partial charge in [-0.3, -0.25) is 4.52 Å². The van der Waals surface area contributed by atoms with Crippen molar-refractivity contribution in [2.75, 3.05) is 12.3 Å². The molecule has 10 heteroatoms. The summed E-state index contributed by atoms with van der Waals surface area (Å²) >= 11 is 0. The van der Waals surface area contributed by atoms with Gasteiger partial charge in [-0.25, -0.2) is 14.1 Å². The zero-order valence-corrected chi connectivity index (χ0v) is 15.8. The van der Waals surface area contributed by atoms with Crippen molar-refractivity contribution in [2.24, 2.45) is 0 Å². The summed E-state index contributed by atoms with van der Waals surface area (Å²) in [6, 6.07) is 14.5. The number of hydrogen-bond acceptors (Lipinski definition) is 8. The van der Waals surface area contributed by atoms with Crippen molar-refractivity contribution in [1.82, 2.24) is 14.6 Å². The molecule has 1 aliphatic heterocycles. The molecule has 0 amide bonds. The number of anilines is 1. The maximum absolute atomic E-state index is 12.1. The molecule has 3 atom stereocenters. The van der Waals surface area contributed by atoms with Crippen molar-refractivity contribution < 1.29 is 18.3 Å². The van der Waals surface area contributed by atoms with Gasteiger partial charge in [0, 0.05) is 0 Å². The van der Waals surface area contributed by atoms with Crippen LogP contribution in [0.4, 0.5) is 5.82 Å². The van der Waals surface area contributed by atoms with E-state index in [-0.39, 0.29) is 12.7 Å². The topological polar surface area (TPSA) is 125 Å². The Labute approximate surface area is 161 Å². The van der Waals surface area contributed by atoms with Gasteiger partial charge in [0.2, 0.25) is 0 Å². The van der Waals surface area contributed by atoms with Gasteiger partial charge in [-0.15, -0.1) is 0 Å². The van der Waals surface area contributed by atoms with Crippen LogP contribution in [-0.4, -0.2) is 26.8 Å². The zero-order chi connectivity index (χ0) is 19.6. The molecule has 1 aliphatic rings. The van der Waals surface area contributed by atoms with Crippen LogP contribution in [0.5, 0.6) is 5.75 Å². The van der Waals surface area contributed by atoms with Gasteiger partial charge in [0.1, 0.15) is 29.8 Å². The fourth-order valence-electron chi connectivity index (χ4n) is 3.19. The Hall–Kier alpha value is -2.92. The van der Waals surface area contributed by atoms with Crippen molar-refractivity contribution >= 4 is 19.6 Å². The first-order valence-electron chi connectivity index (χ1n) is 8.67. The molecule has 28 heavy (non-hydrogen) atoms. The number of nitrogen functional groups attached to an aromatic ring is 1. The van der Waals surface area contributed by atoms with E-state index in [0.717, 1.165) is 5.69 Å². The van der Waals surface area contributed by atoms with Gasteiger partial charge in [-0.1, -0.05) is 18.2 Å². The lowest BCUT2D eigenvalue weighted by Gasteiger charge is -2.21. The van der Waals surface area contributed by atoms with Gasteiger partial charge in [0.25, 0.3) is 0 Å². The molecule has 2 aromatic heterocycles. The normalized spacial score (nSPS) is 22.8. The van der Waals surface area contributed by atoms with Crippen LogP contribution < -0.4 is 10.3 Å². The molecule has 0 bridgehead atoms. The first-order valence-corrected chi connectivity index (χ1v) is 9.89. The minimum absolute atomic E-state index is 0.148. The SMILES string of the molecule is N#C[C@@]1(CO[PH](=O)Oc2ccccc2)CC[C@H](c2ccc3c(N)ncnn23)O1. The fourth-order valence-corrected chi connectivity index (χ4v) is 3.93. The first kappa shape index (κ1) is 18.4. The third-order valence-corrected chi connectivity index (χ3v) is 5.37. The second kappa shape index (κ2) is 7.60. The number of benzene rings is 1. The molecule has 1 unspecified atom stereocenters. The van der Waals surface area contributed by atoms with E-state index >= 15 is 0 Å². The second-order valence-corrected chi connectivity index (χ2v) is 7.40. The van der Waals surface area contributed by atoms with E-state index in [1.54, 1.807) is 28.8 Å². The molecular weight excluding hydrogens is 381 g/mol. The molecule has 0 saturated carbocycles. The Kier molecular flexibility index (Phi) is 5.01. The van der Waals surface area contributed by atoms with E-state index in [0.29, 0.717) is 29.9 Å². The number of ether oxygens (including phenoxy) is 1.